The van der Waals surface area contributed by atoms with Gasteiger partial charge in [0, 0.05) is 17.1 Å². The van der Waals surface area contributed by atoms with Crippen molar-refractivity contribution in [3.63, 3.8) is 0 Å². The molecule has 0 heterocycles. The van der Waals surface area contributed by atoms with Gasteiger partial charge in [-0.2, -0.15) is 13.2 Å². The third-order valence-electron chi connectivity index (χ3n) is 2.46. The first kappa shape index (κ1) is 20.5. The fraction of sp³-hybridized carbons (Fsp3) is 0.455. The van der Waals surface area contributed by atoms with Gasteiger partial charge in [0.1, 0.15) is 0 Å². The number of nitrogens with one attached hydrogen (secondary N) is 1. The van der Waals surface area contributed by atoms with Crippen molar-refractivity contribution < 1.29 is 21.6 Å². The first-order valence-electron chi connectivity index (χ1n) is 5.50. The zero-order valence-electron chi connectivity index (χ0n) is 11.2. The van der Waals surface area contributed by atoms with E-state index in [4.69, 9.17) is 17.3 Å². The molecule has 122 valence electrons. The molecule has 1 aromatic rings. The van der Waals surface area contributed by atoms with E-state index in [2.05, 4.69) is 4.72 Å². The van der Waals surface area contributed by atoms with Crippen LogP contribution in [-0.2, 0) is 16.2 Å². The molecule has 1 aromatic carbocycles. The molecule has 3 N–H and O–H groups in total. The van der Waals surface area contributed by atoms with E-state index in [0.717, 1.165) is 12.1 Å². The van der Waals surface area contributed by atoms with Crippen LogP contribution in [0.4, 0.5) is 13.2 Å². The van der Waals surface area contributed by atoms with Gasteiger partial charge in [0.25, 0.3) is 0 Å². The normalized spacial score (nSPS) is 12.9. The summed E-state index contributed by atoms with van der Waals surface area (Å²) in [6, 6.07) is 2.48. The molecule has 0 atom stereocenters. The standard InChI is InChI=1S/C11H14ClF3N2O2S.ClH/c1-10(2,6-16)17-20(18,19)9-4-3-7(12)5-8(9)11(13,14)15;/h3-5,17H,6,16H2,1-2H3;1H. The molecule has 0 aliphatic rings. The second-order valence-corrected chi connectivity index (χ2v) is 6.92. The van der Waals surface area contributed by atoms with Gasteiger partial charge < -0.3 is 5.73 Å². The molecule has 21 heavy (non-hydrogen) atoms. The molecule has 0 aromatic heterocycles. The number of halogens is 5. The number of hydrogen-bond acceptors (Lipinski definition) is 3. The summed E-state index contributed by atoms with van der Waals surface area (Å²) < 4.78 is 65.0. The summed E-state index contributed by atoms with van der Waals surface area (Å²) in [6.07, 6.45) is -4.83. The minimum absolute atomic E-state index is 0. The van der Waals surface area contributed by atoms with Crippen LogP contribution in [0.5, 0.6) is 0 Å². The zero-order chi connectivity index (χ0) is 15.8. The van der Waals surface area contributed by atoms with Crippen LogP contribution in [-0.4, -0.2) is 20.5 Å². The zero-order valence-corrected chi connectivity index (χ0v) is 13.6. The van der Waals surface area contributed by atoms with Crippen LogP contribution in [0.25, 0.3) is 0 Å². The van der Waals surface area contributed by atoms with Gasteiger partial charge in [-0.3, -0.25) is 0 Å². The van der Waals surface area contributed by atoms with Gasteiger partial charge in [-0.15, -0.1) is 12.4 Å². The van der Waals surface area contributed by atoms with Crippen molar-refractivity contribution in [1.29, 1.82) is 0 Å². The summed E-state index contributed by atoms with van der Waals surface area (Å²) in [5, 5.41) is -0.200. The van der Waals surface area contributed by atoms with E-state index < -0.39 is 32.2 Å². The average Bonchev–Trinajstić information content (AvgIpc) is 2.26. The van der Waals surface area contributed by atoms with Crippen LogP contribution in [0.1, 0.15) is 19.4 Å². The Bertz CT molecular complexity index is 604. The first-order valence-corrected chi connectivity index (χ1v) is 7.36. The second-order valence-electron chi connectivity index (χ2n) is 4.83. The van der Waals surface area contributed by atoms with Crippen molar-refractivity contribution in [3.05, 3.63) is 28.8 Å². The number of alkyl halides is 3. The molecule has 4 nitrogen and oxygen atoms in total. The van der Waals surface area contributed by atoms with E-state index in [1.54, 1.807) is 0 Å². The summed E-state index contributed by atoms with van der Waals surface area (Å²) in [5.74, 6) is 0. The smallest absolute Gasteiger partial charge is 0.329 e. The van der Waals surface area contributed by atoms with E-state index in [9.17, 15) is 21.6 Å². The predicted molar refractivity (Wildman–Crippen MR) is 77.2 cm³/mol. The third kappa shape index (κ3) is 5.30. The molecular formula is C11H15Cl2F3N2O2S. The molecule has 0 saturated carbocycles. The Kier molecular flexibility index (Phi) is 6.53. The maximum atomic E-state index is 12.9. The molecule has 0 unspecified atom stereocenters. The highest BCUT2D eigenvalue weighted by atomic mass is 35.5. The number of nitrogens with two attached hydrogens (primary N) is 1. The number of hydrogen-bond donors (Lipinski definition) is 2. The van der Waals surface area contributed by atoms with Gasteiger partial charge in [-0.25, -0.2) is 13.1 Å². The van der Waals surface area contributed by atoms with Gasteiger partial charge in [0.2, 0.25) is 10.0 Å². The maximum absolute atomic E-state index is 12.9. The van der Waals surface area contributed by atoms with Crippen molar-refractivity contribution in [2.45, 2.75) is 30.5 Å². The molecule has 0 aliphatic heterocycles. The van der Waals surface area contributed by atoms with Crippen molar-refractivity contribution in [1.82, 2.24) is 4.72 Å². The van der Waals surface area contributed by atoms with Crippen LogP contribution < -0.4 is 10.5 Å². The number of rotatable bonds is 4. The largest absolute Gasteiger partial charge is 0.417 e. The summed E-state index contributed by atoms with van der Waals surface area (Å²) in [5.41, 5.74) is 2.99. The first-order chi connectivity index (χ1) is 8.89. The summed E-state index contributed by atoms with van der Waals surface area (Å²) >= 11 is 5.50. The second kappa shape index (κ2) is 6.70. The monoisotopic (exact) mass is 366 g/mol. The van der Waals surface area contributed by atoms with Crippen molar-refractivity contribution in [2.75, 3.05) is 6.54 Å². The minimum Gasteiger partial charge on any atom is -0.329 e. The third-order valence-corrected chi connectivity index (χ3v) is 4.45. The molecule has 0 fully saturated rings. The highest BCUT2D eigenvalue weighted by molar-refractivity contribution is 7.89. The number of benzene rings is 1. The van der Waals surface area contributed by atoms with Crippen LogP contribution in [0.15, 0.2) is 23.1 Å². The van der Waals surface area contributed by atoms with Gasteiger partial charge in [-0.05, 0) is 32.0 Å². The lowest BCUT2D eigenvalue weighted by Gasteiger charge is -2.25. The molecule has 1 rings (SSSR count). The highest BCUT2D eigenvalue weighted by Gasteiger charge is 2.38. The Morgan fingerprint density at radius 3 is 2.24 bits per heavy atom. The summed E-state index contributed by atoms with van der Waals surface area (Å²) in [7, 11) is -4.37. The molecule has 0 amide bonds. The van der Waals surface area contributed by atoms with Gasteiger partial charge in [0.05, 0.1) is 10.5 Å². The van der Waals surface area contributed by atoms with E-state index in [0.29, 0.717) is 6.07 Å². The summed E-state index contributed by atoms with van der Waals surface area (Å²) in [6.45, 7) is 2.86. The topological polar surface area (TPSA) is 72.2 Å². The summed E-state index contributed by atoms with van der Waals surface area (Å²) in [4.78, 5) is -0.879. The van der Waals surface area contributed by atoms with Crippen molar-refractivity contribution in [2.24, 2.45) is 5.73 Å². The Labute approximate surface area is 132 Å². The van der Waals surface area contributed by atoms with Crippen molar-refractivity contribution in [3.8, 4) is 0 Å². The quantitative estimate of drug-likeness (QED) is 0.860. The molecular weight excluding hydrogens is 352 g/mol. The predicted octanol–water partition coefficient (Wildman–Crippen LogP) is 2.80. The van der Waals surface area contributed by atoms with E-state index in [1.165, 1.54) is 13.8 Å². The Hall–Kier alpha value is -0.540. The van der Waals surface area contributed by atoms with Crippen LogP contribution in [0.2, 0.25) is 5.02 Å². The lowest BCUT2D eigenvalue weighted by atomic mass is 10.1. The lowest BCUT2D eigenvalue weighted by molar-refractivity contribution is -0.139. The molecule has 0 radical (unpaired) electrons. The Balaban J connectivity index is 0.00000400. The molecule has 10 heteroatoms. The SMILES string of the molecule is CC(C)(CN)NS(=O)(=O)c1ccc(Cl)cc1C(F)(F)F.Cl. The average molecular weight is 367 g/mol. The molecule has 0 spiro atoms. The van der Waals surface area contributed by atoms with Gasteiger partial charge in [0.15, 0.2) is 0 Å². The van der Waals surface area contributed by atoms with E-state index in [-0.39, 0.29) is 24.0 Å². The van der Waals surface area contributed by atoms with Gasteiger partial charge in [-0.1, -0.05) is 11.6 Å². The Morgan fingerprint density at radius 2 is 1.81 bits per heavy atom. The van der Waals surface area contributed by atoms with Crippen LogP contribution >= 0.6 is 24.0 Å². The maximum Gasteiger partial charge on any atom is 0.417 e. The van der Waals surface area contributed by atoms with Crippen LogP contribution in [0, 0.1) is 0 Å². The Morgan fingerprint density at radius 1 is 1.29 bits per heavy atom. The highest BCUT2D eigenvalue weighted by Crippen LogP contribution is 2.36. The van der Waals surface area contributed by atoms with Crippen molar-refractivity contribution >= 4 is 34.0 Å². The van der Waals surface area contributed by atoms with Crippen LogP contribution in [0.3, 0.4) is 0 Å². The fourth-order valence-electron chi connectivity index (χ4n) is 1.42. The molecule has 0 aliphatic carbocycles. The van der Waals surface area contributed by atoms with Gasteiger partial charge >= 0.3 is 6.18 Å². The van der Waals surface area contributed by atoms with E-state index in [1.807, 2.05) is 0 Å². The molecule has 0 saturated heterocycles. The van der Waals surface area contributed by atoms with E-state index >= 15 is 0 Å². The fourth-order valence-corrected chi connectivity index (χ4v) is 3.22. The minimum atomic E-state index is -4.83. The lowest BCUT2D eigenvalue weighted by Crippen LogP contribution is -2.49. The number of sulfonamides is 1. The molecule has 0 bridgehead atoms.